The van der Waals surface area contributed by atoms with Gasteiger partial charge in [0.2, 0.25) is 0 Å². The van der Waals surface area contributed by atoms with E-state index in [-0.39, 0.29) is 0 Å². The molecule has 1 aliphatic rings. The van der Waals surface area contributed by atoms with E-state index >= 15 is 0 Å². The predicted molar refractivity (Wildman–Crippen MR) is 108 cm³/mol. The third-order valence-corrected chi connectivity index (χ3v) is 5.31. The van der Waals surface area contributed by atoms with Crippen molar-refractivity contribution in [2.45, 2.75) is 96.8 Å². The van der Waals surface area contributed by atoms with Crippen molar-refractivity contribution in [3.05, 3.63) is 0 Å². The van der Waals surface area contributed by atoms with E-state index in [1.807, 2.05) is 7.05 Å². The second-order valence-corrected chi connectivity index (χ2v) is 7.53. The first kappa shape index (κ1) is 21.3. The molecule has 24 heavy (non-hydrogen) atoms. The molecule has 0 aliphatic carbocycles. The van der Waals surface area contributed by atoms with E-state index in [0.717, 1.165) is 13.1 Å². The number of unbranched alkanes of at least 4 members (excludes halogenated alkanes) is 13. The molecule has 0 atom stereocenters. The van der Waals surface area contributed by atoms with Crippen LogP contribution in [-0.4, -0.2) is 49.5 Å². The standard InChI is InChI=1S/C21H43N3/c1-4-5-6-7-8-9-10-11-12-13-14-15-16-17-18-24-20-19-23(3)21(24)22-2/h4-20H2,1-3H3. The van der Waals surface area contributed by atoms with E-state index in [0.29, 0.717) is 0 Å². The highest BCUT2D eigenvalue weighted by molar-refractivity contribution is 5.81. The fourth-order valence-corrected chi connectivity index (χ4v) is 3.73. The monoisotopic (exact) mass is 337 g/mol. The fourth-order valence-electron chi connectivity index (χ4n) is 3.73. The molecule has 0 spiro atoms. The largest absolute Gasteiger partial charge is 0.344 e. The Labute approximate surface area is 151 Å². The van der Waals surface area contributed by atoms with E-state index in [1.54, 1.807) is 0 Å². The van der Waals surface area contributed by atoms with Gasteiger partial charge in [-0.25, -0.2) is 0 Å². The molecular weight excluding hydrogens is 294 g/mol. The summed E-state index contributed by atoms with van der Waals surface area (Å²) in [5.41, 5.74) is 0. The summed E-state index contributed by atoms with van der Waals surface area (Å²) in [5.74, 6) is 1.18. The van der Waals surface area contributed by atoms with Crippen molar-refractivity contribution in [3.8, 4) is 0 Å². The molecule has 0 unspecified atom stereocenters. The van der Waals surface area contributed by atoms with Crippen LogP contribution in [0.15, 0.2) is 4.99 Å². The van der Waals surface area contributed by atoms with Crippen LogP contribution in [0.4, 0.5) is 0 Å². The summed E-state index contributed by atoms with van der Waals surface area (Å²) >= 11 is 0. The summed E-state index contributed by atoms with van der Waals surface area (Å²) in [5, 5.41) is 0. The van der Waals surface area contributed by atoms with E-state index < -0.39 is 0 Å². The highest BCUT2D eigenvalue weighted by atomic mass is 15.4. The van der Waals surface area contributed by atoms with Crippen LogP contribution in [-0.2, 0) is 0 Å². The quantitative estimate of drug-likeness (QED) is 0.357. The number of likely N-dealkylation sites (N-methyl/N-ethyl adjacent to an activating group) is 1. The molecule has 0 amide bonds. The van der Waals surface area contributed by atoms with Crippen LogP contribution < -0.4 is 0 Å². The van der Waals surface area contributed by atoms with Crippen LogP contribution >= 0.6 is 0 Å². The van der Waals surface area contributed by atoms with Gasteiger partial charge in [0.25, 0.3) is 0 Å². The predicted octanol–water partition coefficient (Wildman–Crippen LogP) is 5.70. The van der Waals surface area contributed by atoms with E-state index in [1.165, 1.54) is 102 Å². The van der Waals surface area contributed by atoms with Crippen LogP contribution in [0.1, 0.15) is 96.8 Å². The molecule has 1 heterocycles. The van der Waals surface area contributed by atoms with Crippen LogP contribution in [0, 0.1) is 0 Å². The maximum Gasteiger partial charge on any atom is 0.196 e. The Morgan fingerprint density at radius 3 is 1.62 bits per heavy atom. The maximum absolute atomic E-state index is 4.40. The van der Waals surface area contributed by atoms with Crippen molar-refractivity contribution in [1.29, 1.82) is 0 Å². The minimum absolute atomic E-state index is 1.13. The van der Waals surface area contributed by atoms with Gasteiger partial charge in [-0.1, -0.05) is 90.4 Å². The topological polar surface area (TPSA) is 18.8 Å². The van der Waals surface area contributed by atoms with Crippen LogP contribution in [0.2, 0.25) is 0 Å². The Kier molecular flexibility index (Phi) is 13.0. The van der Waals surface area contributed by atoms with Gasteiger partial charge in [0.15, 0.2) is 5.96 Å². The van der Waals surface area contributed by atoms with Crippen molar-refractivity contribution in [2.24, 2.45) is 4.99 Å². The van der Waals surface area contributed by atoms with Gasteiger partial charge >= 0.3 is 0 Å². The molecule has 0 bridgehead atoms. The molecule has 0 radical (unpaired) electrons. The summed E-state index contributed by atoms with van der Waals surface area (Å²) < 4.78 is 0. The van der Waals surface area contributed by atoms with Gasteiger partial charge in [-0.2, -0.15) is 0 Å². The zero-order chi connectivity index (χ0) is 17.5. The number of hydrogen-bond acceptors (Lipinski definition) is 1. The molecule has 1 aliphatic heterocycles. The molecule has 142 valence electrons. The fraction of sp³-hybridized carbons (Fsp3) is 0.952. The Morgan fingerprint density at radius 2 is 1.17 bits per heavy atom. The van der Waals surface area contributed by atoms with Crippen LogP contribution in [0.3, 0.4) is 0 Å². The molecule has 0 N–H and O–H groups in total. The van der Waals surface area contributed by atoms with Gasteiger partial charge in [-0.3, -0.25) is 4.99 Å². The lowest BCUT2D eigenvalue weighted by atomic mass is 10.0. The lowest BCUT2D eigenvalue weighted by molar-refractivity contribution is 0.433. The number of aliphatic imine (C=N–C) groups is 1. The van der Waals surface area contributed by atoms with Gasteiger partial charge < -0.3 is 9.80 Å². The molecule has 1 saturated heterocycles. The zero-order valence-corrected chi connectivity index (χ0v) is 16.9. The number of hydrogen-bond donors (Lipinski definition) is 0. The third kappa shape index (κ3) is 9.54. The molecule has 0 aromatic carbocycles. The van der Waals surface area contributed by atoms with Crippen LogP contribution in [0.25, 0.3) is 0 Å². The smallest absolute Gasteiger partial charge is 0.196 e. The Bertz CT molecular complexity index is 314. The molecule has 1 fully saturated rings. The first-order valence-corrected chi connectivity index (χ1v) is 10.7. The molecule has 3 heteroatoms. The Morgan fingerprint density at radius 1 is 0.708 bits per heavy atom. The number of rotatable bonds is 15. The summed E-state index contributed by atoms with van der Waals surface area (Å²) in [6.07, 6.45) is 20.0. The zero-order valence-electron chi connectivity index (χ0n) is 16.9. The van der Waals surface area contributed by atoms with Gasteiger partial charge in [0.1, 0.15) is 0 Å². The lowest BCUT2D eigenvalue weighted by Crippen LogP contribution is -2.32. The molecular formula is C21H43N3. The summed E-state index contributed by atoms with van der Waals surface area (Å²) in [4.78, 5) is 9.12. The SMILES string of the molecule is CCCCCCCCCCCCCCCCN1CCN(C)C1=NC. The van der Waals surface area contributed by atoms with Crippen molar-refractivity contribution in [1.82, 2.24) is 9.80 Å². The second-order valence-electron chi connectivity index (χ2n) is 7.53. The second kappa shape index (κ2) is 14.6. The van der Waals surface area contributed by atoms with Crippen molar-refractivity contribution in [2.75, 3.05) is 33.7 Å². The highest BCUT2D eigenvalue weighted by Gasteiger charge is 2.21. The van der Waals surface area contributed by atoms with E-state index in [2.05, 4.69) is 28.8 Å². The minimum Gasteiger partial charge on any atom is -0.344 e. The van der Waals surface area contributed by atoms with E-state index in [9.17, 15) is 0 Å². The van der Waals surface area contributed by atoms with Crippen molar-refractivity contribution < 1.29 is 0 Å². The molecule has 3 nitrogen and oxygen atoms in total. The Hall–Kier alpha value is -0.730. The third-order valence-electron chi connectivity index (χ3n) is 5.31. The first-order valence-electron chi connectivity index (χ1n) is 10.7. The molecule has 0 saturated carbocycles. The molecule has 0 aromatic rings. The van der Waals surface area contributed by atoms with Gasteiger partial charge in [0.05, 0.1) is 0 Å². The minimum atomic E-state index is 1.13. The van der Waals surface area contributed by atoms with E-state index in [4.69, 9.17) is 0 Å². The molecule has 0 aromatic heterocycles. The Balaban J connectivity index is 1.80. The number of nitrogens with zero attached hydrogens (tertiary/aromatic N) is 3. The van der Waals surface area contributed by atoms with Gasteiger partial charge in [-0.05, 0) is 6.42 Å². The lowest BCUT2D eigenvalue weighted by Gasteiger charge is -2.19. The normalized spacial score (nSPS) is 16.5. The highest BCUT2D eigenvalue weighted by Crippen LogP contribution is 2.14. The van der Waals surface area contributed by atoms with Crippen molar-refractivity contribution >= 4 is 5.96 Å². The van der Waals surface area contributed by atoms with Crippen molar-refractivity contribution in [3.63, 3.8) is 0 Å². The average molecular weight is 338 g/mol. The molecule has 1 rings (SSSR count). The van der Waals surface area contributed by atoms with Gasteiger partial charge in [0, 0.05) is 33.7 Å². The summed E-state index contributed by atoms with van der Waals surface area (Å²) in [7, 11) is 4.06. The number of guanidine groups is 1. The summed E-state index contributed by atoms with van der Waals surface area (Å²) in [6.45, 7) is 5.77. The maximum atomic E-state index is 4.40. The average Bonchev–Trinajstić information content (AvgIpc) is 2.95. The summed E-state index contributed by atoms with van der Waals surface area (Å²) in [6, 6.07) is 0. The van der Waals surface area contributed by atoms with Crippen LogP contribution in [0.5, 0.6) is 0 Å². The first-order chi connectivity index (χ1) is 11.8. The van der Waals surface area contributed by atoms with Gasteiger partial charge in [-0.15, -0.1) is 0 Å².